The number of nitrogens with one attached hydrogen (secondary N) is 1. The molecule has 0 aromatic heterocycles. The summed E-state index contributed by atoms with van der Waals surface area (Å²) in [6.45, 7) is 3.06. The predicted octanol–water partition coefficient (Wildman–Crippen LogP) is 5.75. The molecule has 1 fully saturated rings. The van der Waals surface area contributed by atoms with Crippen molar-refractivity contribution in [3.63, 3.8) is 0 Å². The van der Waals surface area contributed by atoms with E-state index >= 15 is 0 Å². The van der Waals surface area contributed by atoms with Gasteiger partial charge < -0.3 is 25.3 Å². The molecule has 12 heteroatoms. The molecule has 0 saturated carbocycles. The molecule has 9 nitrogen and oxygen atoms in total. The second kappa shape index (κ2) is 16.0. The summed E-state index contributed by atoms with van der Waals surface area (Å²) in [6, 6.07) is 19.5. The molecule has 0 bridgehead atoms. The summed E-state index contributed by atoms with van der Waals surface area (Å²) in [4.78, 5) is 48.8. The molecule has 1 unspecified atom stereocenters. The minimum absolute atomic E-state index is 0.0279. The van der Waals surface area contributed by atoms with Crippen LogP contribution in [0.5, 0.6) is 0 Å². The van der Waals surface area contributed by atoms with Crippen LogP contribution in [0.4, 0.5) is 4.39 Å². The van der Waals surface area contributed by atoms with Crippen LogP contribution in [0.15, 0.2) is 78.9 Å². The van der Waals surface area contributed by atoms with Crippen LogP contribution in [-0.2, 0) is 26.3 Å². The molecule has 3 N–H and O–H groups in total. The van der Waals surface area contributed by atoms with Crippen LogP contribution >= 0.6 is 23.2 Å². The van der Waals surface area contributed by atoms with Crippen molar-refractivity contribution in [3.8, 4) is 0 Å². The van der Waals surface area contributed by atoms with Gasteiger partial charge in [-0.2, -0.15) is 0 Å². The summed E-state index contributed by atoms with van der Waals surface area (Å²) < 4.78 is 13.4. The third kappa shape index (κ3) is 9.63. The number of likely N-dealkylation sites (tertiary alicyclic amines) is 1. The maximum atomic E-state index is 13.4. The zero-order valence-electron chi connectivity index (χ0n) is 25.8. The van der Waals surface area contributed by atoms with Gasteiger partial charge in [0.05, 0.1) is 22.0 Å². The quantitative estimate of drug-likeness (QED) is 0.245. The van der Waals surface area contributed by atoms with E-state index in [1.54, 1.807) is 18.0 Å². The first-order valence-electron chi connectivity index (χ1n) is 15.1. The fourth-order valence-corrected chi connectivity index (χ4v) is 6.39. The van der Waals surface area contributed by atoms with E-state index in [0.29, 0.717) is 40.7 Å². The SMILES string of the molecule is CN(CC(CCN1CCC2(CC1)NC(=O)Cc1ccccc12)c1ccc(Cl)c(Cl)c1)C(=O)c1ccc(F)cc1.O=C(O)C=CC(=O)O. The molecule has 2 aliphatic heterocycles. The lowest BCUT2D eigenvalue weighted by Gasteiger charge is -2.46. The van der Waals surface area contributed by atoms with Crippen molar-refractivity contribution in [1.82, 2.24) is 15.1 Å². The van der Waals surface area contributed by atoms with E-state index in [2.05, 4.69) is 28.4 Å². The van der Waals surface area contributed by atoms with E-state index in [4.69, 9.17) is 33.4 Å². The van der Waals surface area contributed by atoms with Gasteiger partial charge in [0.2, 0.25) is 5.91 Å². The number of amides is 2. The fraction of sp³-hybridized carbons (Fsp3) is 0.314. The Kier molecular flexibility index (Phi) is 12.1. The molecule has 2 heterocycles. The first-order chi connectivity index (χ1) is 22.4. The zero-order chi connectivity index (χ0) is 34.1. The number of carboxylic acid groups (broad SMARTS) is 2. The minimum Gasteiger partial charge on any atom is -0.478 e. The first-order valence-corrected chi connectivity index (χ1v) is 15.8. The highest BCUT2D eigenvalue weighted by molar-refractivity contribution is 6.42. The van der Waals surface area contributed by atoms with E-state index < -0.39 is 11.9 Å². The number of carbonyl (C=O) groups excluding carboxylic acids is 2. The van der Waals surface area contributed by atoms with Gasteiger partial charge in [-0.1, -0.05) is 53.5 Å². The third-order valence-electron chi connectivity index (χ3n) is 8.48. The second-order valence-corrected chi connectivity index (χ2v) is 12.5. The highest BCUT2D eigenvalue weighted by Gasteiger charge is 2.41. The number of likely N-dealkylation sites (N-methyl/N-ethyl adjacent to an activating group) is 1. The monoisotopic (exact) mass is 683 g/mol. The number of hydrogen-bond donors (Lipinski definition) is 3. The second-order valence-electron chi connectivity index (χ2n) is 11.7. The molecule has 2 amide bonds. The molecule has 1 spiro atoms. The Morgan fingerprint density at radius 3 is 2.23 bits per heavy atom. The first kappa shape index (κ1) is 35.6. The normalized spacial score (nSPS) is 16.0. The van der Waals surface area contributed by atoms with E-state index in [-0.39, 0.29) is 29.1 Å². The van der Waals surface area contributed by atoms with Crippen molar-refractivity contribution < 1.29 is 33.8 Å². The summed E-state index contributed by atoms with van der Waals surface area (Å²) in [5.41, 5.74) is 3.54. The number of hydrogen-bond acceptors (Lipinski definition) is 5. The van der Waals surface area contributed by atoms with E-state index in [9.17, 15) is 23.6 Å². The average Bonchev–Trinajstić information content (AvgIpc) is 3.04. The molecule has 2 aliphatic rings. The number of benzene rings is 3. The highest BCUT2D eigenvalue weighted by atomic mass is 35.5. The van der Waals surface area contributed by atoms with Crippen molar-refractivity contribution in [2.75, 3.05) is 33.2 Å². The van der Waals surface area contributed by atoms with Crippen molar-refractivity contribution in [3.05, 3.63) is 117 Å². The minimum atomic E-state index is -1.26. The fourth-order valence-electron chi connectivity index (χ4n) is 6.08. The van der Waals surface area contributed by atoms with Gasteiger partial charge in [0.15, 0.2) is 0 Å². The average molecular weight is 685 g/mol. The van der Waals surface area contributed by atoms with E-state index in [1.807, 2.05) is 18.2 Å². The van der Waals surface area contributed by atoms with Crippen LogP contribution in [0, 0.1) is 5.82 Å². The van der Waals surface area contributed by atoms with Crippen LogP contribution in [0.1, 0.15) is 52.2 Å². The molecule has 1 atom stereocenters. The number of nitrogens with zero attached hydrogens (tertiary/aromatic N) is 2. The molecule has 1 saturated heterocycles. The van der Waals surface area contributed by atoms with Crippen LogP contribution in [0.3, 0.4) is 0 Å². The van der Waals surface area contributed by atoms with E-state index in [1.165, 1.54) is 29.8 Å². The standard InChI is InChI=1S/C31H32Cl2FN3O2.C4H4O4/c1-36(30(39)21-6-9-25(34)10-7-21)20-24(22-8-11-27(32)28(33)18-22)12-15-37-16-13-31(14-17-37)26-5-3-2-4-23(26)19-29(38)35-31;5-3(6)1-2-4(7)8/h2-11,18,24H,12-17,19-20H2,1H3,(H,35,38);1-2H,(H,5,6)(H,7,8). The summed E-state index contributed by atoms with van der Waals surface area (Å²) >= 11 is 12.5. The number of piperidine rings is 1. The Morgan fingerprint density at radius 1 is 0.979 bits per heavy atom. The Balaban J connectivity index is 0.000000555. The summed E-state index contributed by atoms with van der Waals surface area (Å²) in [6.07, 6.45) is 4.09. The van der Waals surface area contributed by atoms with Gasteiger partial charge >= 0.3 is 11.9 Å². The van der Waals surface area contributed by atoms with Crippen molar-refractivity contribution >= 4 is 47.0 Å². The lowest BCUT2D eigenvalue weighted by molar-refractivity contribution is -0.134. The molecule has 3 aromatic rings. The van der Waals surface area contributed by atoms with Gasteiger partial charge in [-0.25, -0.2) is 14.0 Å². The van der Waals surface area contributed by atoms with Gasteiger partial charge in [-0.05, 0) is 78.9 Å². The van der Waals surface area contributed by atoms with Gasteiger partial charge in [-0.3, -0.25) is 9.59 Å². The molecule has 0 radical (unpaired) electrons. The van der Waals surface area contributed by atoms with Crippen LogP contribution in [0.25, 0.3) is 0 Å². The molecule has 248 valence electrons. The predicted molar refractivity (Wildman–Crippen MR) is 177 cm³/mol. The molecule has 5 rings (SSSR count). The van der Waals surface area contributed by atoms with Crippen LogP contribution in [-0.4, -0.2) is 77.0 Å². The molecule has 47 heavy (non-hydrogen) atoms. The number of carbonyl (C=O) groups is 4. The lowest BCUT2D eigenvalue weighted by Crippen LogP contribution is -2.56. The number of fused-ring (bicyclic) bond motifs is 2. The van der Waals surface area contributed by atoms with Gasteiger partial charge in [0, 0.05) is 50.3 Å². The smallest absolute Gasteiger partial charge is 0.328 e. The Labute approximate surface area is 282 Å². The summed E-state index contributed by atoms with van der Waals surface area (Å²) in [7, 11) is 1.77. The zero-order valence-corrected chi connectivity index (χ0v) is 27.3. The van der Waals surface area contributed by atoms with Crippen molar-refractivity contribution in [1.29, 1.82) is 0 Å². The molecule has 3 aromatic carbocycles. The van der Waals surface area contributed by atoms with Crippen molar-refractivity contribution in [2.24, 2.45) is 0 Å². The Bertz CT molecular complexity index is 1620. The topological polar surface area (TPSA) is 127 Å². The number of carboxylic acids is 2. The van der Waals surface area contributed by atoms with Crippen LogP contribution < -0.4 is 5.32 Å². The number of aliphatic carboxylic acids is 2. The van der Waals surface area contributed by atoms with Gasteiger partial charge in [0.1, 0.15) is 5.82 Å². The largest absolute Gasteiger partial charge is 0.478 e. The van der Waals surface area contributed by atoms with Gasteiger partial charge in [-0.15, -0.1) is 0 Å². The summed E-state index contributed by atoms with van der Waals surface area (Å²) in [5.74, 6) is -2.93. The molecular formula is C35H36Cl2FN3O6. The molecular weight excluding hydrogens is 648 g/mol. The maximum Gasteiger partial charge on any atom is 0.328 e. The highest BCUT2D eigenvalue weighted by Crippen LogP contribution is 2.38. The van der Waals surface area contributed by atoms with Gasteiger partial charge in [0.25, 0.3) is 5.91 Å². The number of rotatable bonds is 9. The van der Waals surface area contributed by atoms with E-state index in [0.717, 1.165) is 50.0 Å². The van der Waals surface area contributed by atoms with Crippen molar-refractivity contribution in [2.45, 2.75) is 37.1 Å². The summed E-state index contributed by atoms with van der Waals surface area (Å²) in [5, 5.41) is 19.9. The Hall–Kier alpha value is -4.25. The Morgan fingerprint density at radius 2 is 1.62 bits per heavy atom. The molecule has 0 aliphatic carbocycles. The van der Waals surface area contributed by atoms with Crippen LogP contribution in [0.2, 0.25) is 10.0 Å². The lowest BCUT2D eigenvalue weighted by atomic mass is 9.75. The maximum absolute atomic E-state index is 13.4. The number of halogens is 3. The third-order valence-corrected chi connectivity index (χ3v) is 9.22.